The topological polar surface area (TPSA) is 57.6 Å². The fourth-order valence-corrected chi connectivity index (χ4v) is 3.45. The number of pyridine rings is 1. The minimum Gasteiger partial charge on any atom is -0.378 e. The molecular weight excluding hydrogens is 328 g/mol. The van der Waals surface area contributed by atoms with Crippen LogP contribution in [0.25, 0.3) is 0 Å². The molecule has 2 aliphatic heterocycles. The number of morpholine rings is 1. The van der Waals surface area contributed by atoms with Crippen LogP contribution in [-0.2, 0) is 11.2 Å². The zero-order valence-corrected chi connectivity index (χ0v) is 15.1. The van der Waals surface area contributed by atoms with Gasteiger partial charge in [0.1, 0.15) is 5.82 Å². The average molecular weight is 354 g/mol. The van der Waals surface area contributed by atoms with Crippen LogP contribution in [0.2, 0.25) is 0 Å². The van der Waals surface area contributed by atoms with Gasteiger partial charge in [0.15, 0.2) is 0 Å². The Morgan fingerprint density at radius 2 is 1.69 bits per heavy atom. The summed E-state index contributed by atoms with van der Waals surface area (Å²) in [5.74, 6) is 1.86. The Morgan fingerprint density at radius 3 is 2.46 bits per heavy atom. The van der Waals surface area contributed by atoms with Crippen LogP contribution < -0.4 is 9.80 Å². The predicted octanol–water partition coefficient (Wildman–Crippen LogP) is 1.07. The summed E-state index contributed by atoms with van der Waals surface area (Å²) in [6.45, 7) is 8.41. The van der Waals surface area contributed by atoms with E-state index >= 15 is 0 Å². The summed E-state index contributed by atoms with van der Waals surface area (Å²) in [4.78, 5) is 20.8. The summed E-state index contributed by atoms with van der Waals surface area (Å²) in [5, 5.41) is 0. The van der Waals surface area contributed by atoms with Gasteiger partial charge in [0, 0.05) is 70.3 Å². The highest BCUT2D eigenvalue weighted by molar-refractivity contribution is 5.44. The number of ether oxygens (including phenoxy) is 1. The van der Waals surface area contributed by atoms with Gasteiger partial charge in [0.25, 0.3) is 0 Å². The molecular formula is C19H26N6O. The highest BCUT2D eigenvalue weighted by Gasteiger charge is 2.20. The minimum absolute atomic E-state index is 0.772. The highest BCUT2D eigenvalue weighted by atomic mass is 16.5. The SMILES string of the molecule is c1ccc(CCN2CCN(c3nccc(N4CCOCC4)n3)CC2)nc1. The second-order valence-corrected chi connectivity index (χ2v) is 6.71. The molecule has 2 aliphatic rings. The normalized spacial score (nSPS) is 18.9. The predicted molar refractivity (Wildman–Crippen MR) is 102 cm³/mol. The van der Waals surface area contributed by atoms with Gasteiger partial charge in [-0.05, 0) is 18.2 Å². The first kappa shape index (κ1) is 17.2. The lowest BCUT2D eigenvalue weighted by Crippen LogP contribution is -2.47. The molecule has 0 aromatic carbocycles. The van der Waals surface area contributed by atoms with Crippen molar-refractivity contribution in [2.75, 3.05) is 68.8 Å². The monoisotopic (exact) mass is 354 g/mol. The molecule has 0 spiro atoms. The maximum absolute atomic E-state index is 5.43. The Bertz CT molecular complexity index is 683. The summed E-state index contributed by atoms with van der Waals surface area (Å²) >= 11 is 0. The molecule has 2 saturated heterocycles. The third-order valence-corrected chi connectivity index (χ3v) is 5.03. The van der Waals surface area contributed by atoms with Gasteiger partial charge in [-0.15, -0.1) is 0 Å². The Hall–Kier alpha value is -2.25. The van der Waals surface area contributed by atoms with Crippen molar-refractivity contribution in [1.82, 2.24) is 19.9 Å². The van der Waals surface area contributed by atoms with E-state index in [0.29, 0.717) is 0 Å². The quantitative estimate of drug-likeness (QED) is 0.796. The second-order valence-electron chi connectivity index (χ2n) is 6.71. The summed E-state index contributed by atoms with van der Waals surface area (Å²) < 4.78 is 5.43. The van der Waals surface area contributed by atoms with Crippen LogP contribution >= 0.6 is 0 Å². The van der Waals surface area contributed by atoms with E-state index in [-0.39, 0.29) is 0 Å². The van der Waals surface area contributed by atoms with Crippen LogP contribution in [0, 0.1) is 0 Å². The van der Waals surface area contributed by atoms with Gasteiger partial charge in [0.05, 0.1) is 13.2 Å². The summed E-state index contributed by atoms with van der Waals surface area (Å²) in [5.41, 5.74) is 1.16. The molecule has 2 aromatic rings. The molecule has 0 atom stereocenters. The Kier molecular flexibility index (Phi) is 5.56. The van der Waals surface area contributed by atoms with Crippen molar-refractivity contribution in [3.05, 3.63) is 42.4 Å². The molecule has 0 amide bonds. The van der Waals surface area contributed by atoms with Crippen LogP contribution in [0.3, 0.4) is 0 Å². The molecule has 0 radical (unpaired) electrons. The first-order valence-corrected chi connectivity index (χ1v) is 9.41. The molecule has 4 rings (SSSR count). The van der Waals surface area contributed by atoms with Crippen molar-refractivity contribution in [2.45, 2.75) is 6.42 Å². The van der Waals surface area contributed by atoms with Gasteiger partial charge < -0.3 is 14.5 Å². The van der Waals surface area contributed by atoms with E-state index in [2.05, 4.69) is 36.8 Å². The number of piperazine rings is 1. The molecule has 0 aliphatic carbocycles. The largest absolute Gasteiger partial charge is 0.378 e. The van der Waals surface area contributed by atoms with Gasteiger partial charge >= 0.3 is 0 Å². The van der Waals surface area contributed by atoms with E-state index in [4.69, 9.17) is 9.72 Å². The standard InChI is InChI=1S/C19H26N6O/c1-2-6-20-17(3-1)5-8-23-9-11-25(12-10-23)19-21-7-4-18(22-19)24-13-15-26-16-14-24/h1-4,6-7H,5,8-16H2. The Labute approximate surface area is 154 Å². The lowest BCUT2D eigenvalue weighted by atomic mass is 10.2. The average Bonchev–Trinajstić information content (AvgIpc) is 2.74. The van der Waals surface area contributed by atoms with Crippen molar-refractivity contribution >= 4 is 11.8 Å². The Balaban J connectivity index is 1.30. The van der Waals surface area contributed by atoms with Crippen molar-refractivity contribution in [3.8, 4) is 0 Å². The van der Waals surface area contributed by atoms with Gasteiger partial charge in [0.2, 0.25) is 5.95 Å². The summed E-state index contributed by atoms with van der Waals surface area (Å²) in [7, 11) is 0. The van der Waals surface area contributed by atoms with Gasteiger partial charge in [-0.3, -0.25) is 9.88 Å². The first-order valence-electron chi connectivity index (χ1n) is 9.41. The van der Waals surface area contributed by atoms with Gasteiger partial charge in [-0.1, -0.05) is 6.07 Å². The maximum Gasteiger partial charge on any atom is 0.227 e. The zero-order chi connectivity index (χ0) is 17.6. The van der Waals surface area contributed by atoms with Crippen LogP contribution in [0.1, 0.15) is 5.69 Å². The van der Waals surface area contributed by atoms with Crippen LogP contribution in [-0.4, -0.2) is 78.9 Å². The van der Waals surface area contributed by atoms with E-state index in [1.165, 1.54) is 0 Å². The van der Waals surface area contributed by atoms with Crippen molar-refractivity contribution in [3.63, 3.8) is 0 Å². The molecule has 26 heavy (non-hydrogen) atoms. The fourth-order valence-electron chi connectivity index (χ4n) is 3.45. The molecule has 7 nitrogen and oxygen atoms in total. The number of hydrogen-bond donors (Lipinski definition) is 0. The molecule has 2 aromatic heterocycles. The van der Waals surface area contributed by atoms with Crippen LogP contribution in [0.4, 0.5) is 11.8 Å². The molecule has 0 saturated carbocycles. The molecule has 7 heteroatoms. The minimum atomic E-state index is 0.772. The number of rotatable bonds is 5. The highest BCUT2D eigenvalue weighted by Crippen LogP contribution is 2.17. The molecule has 2 fully saturated rings. The first-order chi connectivity index (χ1) is 12.9. The Morgan fingerprint density at radius 1 is 0.846 bits per heavy atom. The lowest BCUT2D eigenvalue weighted by molar-refractivity contribution is 0.122. The molecule has 4 heterocycles. The lowest BCUT2D eigenvalue weighted by Gasteiger charge is -2.35. The molecule has 138 valence electrons. The van der Waals surface area contributed by atoms with Gasteiger partial charge in [-0.2, -0.15) is 4.98 Å². The fraction of sp³-hybridized carbons (Fsp3) is 0.526. The summed E-state index contributed by atoms with van der Waals surface area (Å²) in [6.07, 6.45) is 4.75. The number of nitrogens with zero attached hydrogens (tertiary/aromatic N) is 6. The maximum atomic E-state index is 5.43. The van der Waals surface area contributed by atoms with E-state index in [9.17, 15) is 0 Å². The van der Waals surface area contributed by atoms with Crippen LogP contribution in [0.5, 0.6) is 0 Å². The number of aromatic nitrogens is 3. The van der Waals surface area contributed by atoms with Crippen LogP contribution in [0.15, 0.2) is 36.7 Å². The number of anilines is 2. The molecule has 0 N–H and O–H groups in total. The second kappa shape index (κ2) is 8.42. The third-order valence-electron chi connectivity index (χ3n) is 5.03. The van der Waals surface area contributed by atoms with Crippen molar-refractivity contribution in [1.29, 1.82) is 0 Å². The number of hydrogen-bond acceptors (Lipinski definition) is 7. The van der Waals surface area contributed by atoms with E-state index < -0.39 is 0 Å². The van der Waals surface area contributed by atoms with E-state index in [1.807, 2.05) is 24.5 Å². The van der Waals surface area contributed by atoms with Gasteiger partial charge in [-0.25, -0.2) is 4.98 Å². The smallest absolute Gasteiger partial charge is 0.227 e. The molecule has 0 unspecified atom stereocenters. The third kappa shape index (κ3) is 4.28. The van der Waals surface area contributed by atoms with Crippen molar-refractivity contribution < 1.29 is 4.74 Å². The van der Waals surface area contributed by atoms with E-state index in [0.717, 1.165) is 82.9 Å². The summed E-state index contributed by atoms with van der Waals surface area (Å²) in [6, 6.07) is 8.12. The van der Waals surface area contributed by atoms with Crippen molar-refractivity contribution in [2.24, 2.45) is 0 Å². The van der Waals surface area contributed by atoms with E-state index in [1.54, 1.807) is 0 Å². The molecule has 0 bridgehead atoms. The zero-order valence-electron chi connectivity index (χ0n) is 15.1.